The normalized spacial score (nSPS) is 30.7. The van der Waals surface area contributed by atoms with Gasteiger partial charge in [-0.15, -0.1) is 0 Å². The number of likely N-dealkylation sites (N-methyl/N-ethyl adjacent to an activating group) is 1. The van der Waals surface area contributed by atoms with Crippen LogP contribution in [0.25, 0.3) is 0 Å². The SMILES string of the molecule is CCN1CC=CC(OC)C(O)C(C)C=C(C)COCCC1. The van der Waals surface area contributed by atoms with Gasteiger partial charge in [0.15, 0.2) is 0 Å². The maximum atomic E-state index is 10.4. The van der Waals surface area contributed by atoms with E-state index in [1.165, 1.54) is 0 Å². The average Bonchev–Trinajstić information content (AvgIpc) is 2.47. The van der Waals surface area contributed by atoms with E-state index in [1.54, 1.807) is 7.11 Å². The van der Waals surface area contributed by atoms with Crippen LogP contribution in [0.5, 0.6) is 0 Å². The van der Waals surface area contributed by atoms with Crippen molar-refractivity contribution >= 4 is 0 Å². The molecule has 0 aliphatic carbocycles. The molecule has 122 valence electrons. The van der Waals surface area contributed by atoms with Crippen LogP contribution < -0.4 is 0 Å². The lowest BCUT2D eigenvalue weighted by molar-refractivity contribution is -0.00215. The molecule has 0 fully saturated rings. The molecule has 1 N–H and O–H groups in total. The minimum atomic E-state index is -0.542. The lowest BCUT2D eigenvalue weighted by atomic mass is 9.97. The smallest absolute Gasteiger partial charge is 0.102 e. The Balaban J connectivity index is 2.79. The van der Waals surface area contributed by atoms with Crippen LogP contribution in [0.4, 0.5) is 0 Å². The number of hydrogen-bond acceptors (Lipinski definition) is 4. The zero-order chi connectivity index (χ0) is 15.7. The molecule has 0 saturated heterocycles. The molecule has 3 unspecified atom stereocenters. The summed E-state index contributed by atoms with van der Waals surface area (Å²) in [5, 5.41) is 10.4. The van der Waals surface area contributed by atoms with Gasteiger partial charge in [0.2, 0.25) is 0 Å². The summed E-state index contributed by atoms with van der Waals surface area (Å²) < 4.78 is 11.1. The number of methoxy groups -OCH3 is 1. The molecule has 0 saturated carbocycles. The minimum Gasteiger partial charge on any atom is -0.389 e. The summed E-state index contributed by atoms with van der Waals surface area (Å²) in [7, 11) is 1.64. The van der Waals surface area contributed by atoms with Crippen LogP contribution in [0.15, 0.2) is 23.8 Å². The van der Waals surface area contributed by atoms with Crippen molar-refractivity contribution in [3.8, 4) is 0 Å². The summed E-state index contributed by atoms with van der Waals surface area (Å²) in [6.45, 7) is 10.6. The van der Waals surface area contributed by atoms with Crippen molar-refractivity contribution in [2.45, 2.75) is 39.4 Å². The molecular weight excluding hydrogens is 266 g/mol. The second-order valence-electron chi connectivity index (χ2n) is 5.79. The van der Waals surface area contributed by atoms with Crippen LogP contribution in [0.2, 0.25) is 0 Å². The fourth-order valence-electron chi connectivity index (χ4n) is 2.57. The molecule has 0 spiro atoms. The first-order valence-corrected chi connectivity index (χ1v) is 7.93. The third-order valence-corrected chi connectivity index (χ3v) is 3.92. The van der Waals surface area contributed by atoms with Crippen molar-refractivity contribution in [3.63, 3.8) is 0 Å². The molecule has 1 heterocycles. The highest BCUT2D eigenvalue weighted by Gasteiger charge is 2.21. The van der Waals surface area contributed by atoms with Crippen LogP contribution in [-0.4, -0.2) is 62.2 Å². The van der Waals surface area contributed by atoms with Gasteiger partial charge < -0.3 is 14.6 Å². The third-order valence-electron chi connectivity index (χ3n) is 3.92. The summed E-state index contributed by atoms with van der Waals surface area (Å²) in [4.78, 5) is 2.36. The zero-order valence-electron chi connectivity index (χ0n) is 13.9. The molecule has 1 rings (SSSR count). The number of ether oxygens (including phenoxy) is 2. The first-order valence-electron chi connectivity index (χ1n) is 7.93. The van der Waals surface area contributed by atoms with Gasteiger partial charge >= 0.3 is 0 Å². The number of hydrogen-bond donors (Lipinski definition) is 1. The highest BCUT2D eigenvalue weighted by atomic mass is 16.5. The number of rotatable bonds is 2. The standard InChI is InChI=1S/C17H31NO3/c1-5-18-9-6-8-16(20-4)17(19)15(3)12-14(2)13-21-11-7-10-18/h6,8,12,15-17,19H,5,7,9-11,13H2,1-4H3. The summed E-state index contributed by atoms with van der Waals surface area (Å²) in [6.07, 6.45) is 6.38. The van der Waals surface area contributed by atoms with Crippen molar-refractivity contribution in [1.82, 2.24) is 4.90 Å². The molecule has 1 aliphatic heterocycles. The van der Waals surface area contributed by atoms with Gasteiger partial charge in [0.05, 0.1) is 12.7 Å². The Bertz CT molecular complexity index is 341. The number of aliphatic hydroxyl groups excluding tert-OH is 1. The Kier molecular flexibility index (Phi) is 8.85. The molecule has 1 aliphatic rings. The van der Waals surface area contributed by atoms with Gasteiger partial charge in [0.25, 0.3) is 0 Å². The maximum Gasteiger partial charge on any atom is 0.102 e. The monoisotopic (exact) mass is 297 g/mol. The molecular formula is C17H31NO3. The Morgan fingerprint density at radius 3 is 2.90 bits per heavy atom. The van der Waals surface area contributed by atoms with E-state index >= 15 is 0 Å². The lowest BCUT2D eigenvalue weighted by Crippen LogP contribution is -2.32. The summed E-state index contributed by atoms with van der Waals surface area (Å²) in [5.74, 6) is 0.0356. The quantitative estimate of drug-likeness (QED) is 0.794. The van der Waals surface area contributed by atoms with Gasteiger partial charge in [-0.1, -0.05) is 37.6 Å². The van der Waals surface area contributed by atoms with E-state index in [-0.39, 0.29) is 12.0 Å². The fraction of sp³-hybridized carbons (Fsp3) is 0.765. The first-order chi connectivity index (χ1) is 10.1. The van der Waals surface area contributed by atoms with Gasteiger partial charge in [-0.2, -0.15) is 0 Å². The molecule has 0 bridgehead atoms. The Labute approximate surface area is 129 Å². The van der Waals surface area contributed by atoms with Crippen molar-refractivity contribution in [2.24, 2.45) is 5.92 Å². The van der Waals surface area contributed by atoms with E-state index in [1.807, 2.05) is 19.9 Å². The number of nitrogens with zero attached hydrogens (tertiary/aromatic N) is 1. The molecule has 4 nitrogen and oxygen atoms in total. The maximum absolute atomic E-state index is 10.4. The Hall–Kier alpha value is -0.680. The minimum absolute atomic E-state index is 0.0356. The molecule has 3 atom stereocenters. The predicted octanol–water partition coefficient (Wildman–Crippen LogP) is 2.24. The highest BCUT2D eigenvalue weighted by molar-refractivity contribution is 5.06. The van der Waals surface area contributed by atoms with Gasteiger partial charge in [-0.05, 0) is 19.9 Å². The lowest BCUT2D eigenvalue weighted by Gasteiger charge is -2.24. The molecule has 4 heteroatoms. The topological polar surface area (TPSA) is 41.9 Å². The highest BCUT2D eigenvalue weighted by Crippen LogP contribution is 2.15. The van der Waals surface area contributed by atoms with Gasteiger partial charge in [-0.25, -0.2) is 0 Å². The van der Waals surface area contributed by atoms with Crippen LogP contribution in [0.1, 0.15) is 27.2 Å². The van der Waals surface area contributed by atoms with E-state index in [4.69, 9.17) is 9.47 Å². The molecule has 0 amide bonds. The summed E-state index contributed by atoms with van der Waals surface area (Å²) in [5.41, 5.74) is 1.16. The van der Waals surface area contributed by atoms with Crippen LogP contribution >= 0.6 is 0 Å². The van der Waals surface area contributed by atoms with Crippen LogP contribution in [0.3, 0.4) is 0 Å². The number of aliphatic hydroxyl groups is 1. The van der Waals surface area contributed by atoms with E-state index < -0.39 is 6.10 Å². The average molecular weight is 297 g/mol. The summed E-state index contributed by atoms with van der Waals surface area (Å²) in [6, 6.07) is 0. The largest absolute Gasteiger partial charge is 0.389 e. The van der Waals surface area contributed by atoms with E-state index in [2.05, 4.69) is 24.0 Å². The zero-order valence-corrected chi connectivity index (χ0v) is 13.9. The van der Waals surface area contributed by atoms with Crippen molar-refractivity contribution < 1.29 is 14.6 Å². The van der Waals surface area contributed by atoms with Crippen LogP contribution in [0, 0.1) is 5.92 Å². The van der Waals surface area contributed by atoms with E-state index in [0.29, 0.717) is 6.61 Å². The summed E-state index contributed by atoms with van der Waals surface area (Å²) >= 11 is 0. The Morgan fingerprint density at radius 2 is 2.24 bits per heavy atom. The van der Waals surface area contributed by atoms with E-state index in [0.717, 1.165) is 38.2 Å². The van der Waals surface area contributed by atoms with Crippen molar-refractivity contribution in [2.75, 3.05) is 40.0 Å². The van der Waals surface area contributed by atoms with Gasteiger partial charge in [0.1, 0.15) is 6.10 Å². The second kappa shape index (κ2) is 10.1. The Morgan fingerprint density at radius 1 is 1.48 bits per heavy atom. The molecule has 0 aromatic heterocycles. The predicted molar refractivity (Wildman–Crippen MR) is 86.4 cm³/mol. The van der Waals surface area contributed by atoms with Crippen molar-refractivity contribution in [1.29, 1.82) is 0 Å². The molecule has 21 heavy (non-hydrogen) atoms. The molecule has 0 aromatic rings. The first kappa shape index (κ1) is 18.4. The van der Waals surface area contributed by atoms with Gasteiger partial charge in [0, 0.05) is 32.7 Å². The van der Waals surface area contributed by atoms with E-state index in [9.17, 15) is 5.11 Å². The molecule has 0 aromatic carbocycles. The second-order valence-corrected chi connectivity index (χ2v) is 5.79. The van der Waals surface area contributed by atoms with Gasteiger partial charge in [-0.3, -0.25) is 4.90 Å². The fourth-order valence-corrected chi connectivity index (χ4v) is 2.57. The van der Waals surface area contributed by atoms with Crippen LogP contribution in [-0.2, 0) is 9.47 Å². The third kappa shape index (κ3) is 6.74. The van der Waals surface area contributed by atoms with Crippen molar-refractivity contribution in [3.05, 3.63) is 23.8 Å². The molecule has 0 radical (unpaired) electrons.